The Hall–Kier alpha value is -3.32. The van der Waals surface area contributed by atoms with Gasteiger partial charge in [0, 0.05) is 12.6 Å². The van der Waals surface area contributed by atoms with Crippen LogP contribution in [-0.2, 0) is 10.0 Å². The van der Waals surface area contributed by atoms with Gasteiger partial charge in [-0.25, -0.2) is 8.42 Å². The Kier molecular flexibility index (Phi) is 7.76. The summed E-state index contributed by atoms with van der Waals surface area (Å²) in [6, 6.07) is 22.3. The van der Waals surface area contributed by atoms with E-state index in [0.717, 1.165) is 17.7 Å². The summed E-state index contributed by atoms with van der Waals surface area (Å²) >= 11 is 0. The van der Waals surface area contributed by atoms with E-state index >= 15 is 0 Å². The van der Waals surface area contributed by atoms with E-state index in [1.54, 1.807) is 61.7 Å². The molecule has 0 unspecified atom stereocenters. The minimum Gasteiger partial charge on any atom is -0.497 e. The molecule has 0 radical (unpaired) electrons. The number of methoxy groups -OCH3 is 1. The molecule has 1 amide bonds. The lowest BCUT2D eigenvalue weighted by atomic mass is 9.96. The van der Waals surface area contributed by atoms with Crippen molar-refractivity contribution in [1.29, 1.82) is 0 Å². The molecule has 0 heterocycles. The Labute approximate surface area is 196 Å². The van der Waals surface area contributed by atoms with Crippen molar-refractivity contribution >= 4 is 21.6 Å². The van der Waals surface area contributed by atoms with Crippen LogP contribution in [0.4, 0.5) is 5.69 Å². The predicted octanol–water partition coefficient (Wildman–Crippen LogP) is 5.04. The fraction of sp³-hybridized carbons (Fsp3) is 0.269. The van der Waals surface area contributed by atoms with Gasteiger partial charge in [-0.3, -0.25) is 9.10 Å². The van der Waals surface area contributed by atoms with Gasteiger partial charge in [0.15, 0.2) is 0 Å². The van der Waals surface area contributed by atoms with Crippen molar-refractivity contribution < 1.29 is 17.9 Å². The van der Waals surface area contributed by atoms with Crippen LogP contribution in [0.2, 0.25) is 0 Å². The zero-order valence-electron chi connectivity index (χ0n) is 19.4. The SMILES string of the molecule is COc1ccc([C@@H](CC(C)C)NC(=O)c2ccc(N(C)S(=O)(=O)c3ccccc3)cc2)cc1. The third-order valence-electron chi connectivity index (χ3n) is 5.43. The van der Waals surface area contributed by atoms with Crippen LogP contribution in [0.3, 0.4) is 0 Å². The molecular weight excluding hydrogens is 436 g/mol. The van der Waals surface area contributed by atoms with E-state index in [0.29, 0.717) is 17.2 Å². The first-order valence-corrected chi connectivity index (χ1v) is 12.2. The lowest BCUT2D eigenvalue weighted by molar-refractivity contribution is 0.0932. The van der Waals surface area contributed by atoms with Gasteiger partial charge in [0.05, 0.1) is 23.7 Å². The number of benzene rings is 3. The summed E-state index contributed by atoms with van der Waals surface area (Å²) in [5.74, 6) is 0.937. The number of hydrogen-bond acceptors (Lipinski definition) is 4. The molecule has 0 fully saturated rings. The van der Waals surface area contributed by atoms with Gasteiger partial charge in [-0.05, 0) is 66.4 Å². The fourth-order valence-electron chi connectivity index (χ4n) is 3.54. The number of nitrogens with one attached hydrogen (secondary N) is 1. The minimum absolute atomic E-state index is 0.149. The molecule has 3 aromatic rings. The van der Waals surface area contributed by atoms with Gasteiger partial charge >= 0.3 is 0 Å². The average molecular weight is 467 g/mol. The Balaban J connectivity index is 1.76. The zero-order chi connectivity index (χ0) is 24.0. The highest BCUT2D eigenvalue weighted by Crippen LogP contribution is 2.25. The maximum Gasteiger partial charge on any atom is 0.264 e. The molecule has 33 heavy (non-hydrogen) atoms. The summed E-state index contributed by atoms with van der Waals surface area (Å²) in [7, 11) is -0.558. The molecule has 0 saturated heterocycles. The number of carbonyl (C=O) groups excluding carboxylic acids is 1. The average Bonchev–Trinajstić information content (AvgIpc) is 2.83. The first kappa shape index (κ1) is 24.3. The molecule has 6 nitrogen and oxygen atoms in total. The van der Waals surface area contributed by atoms with E-state index in [2.05, 4.69) is 19.2 Å². The Morgan fingerprint density at radius 2 is 1.55 bits per heavy atom. The molecule has 1 N–H and O–H groups in total. The van der Waals surface area contributed by atoms with Crippen LogP contribution in [-0.4, -0.2) is 28.5 Å². The van der Waals surface area contributed by atoms with Crippen molar-refractivity contribution in [3.8, 4) is 5.75 Å². The third-order valence-corrected chi connectivity index (χ3v) is 7.23. The molecule has 174 valence electrons. The number of hydrogen-bond donors (Lipinski definition) is 1. The van der Waals surface area contributed by atoms with Crippen LogP contribution in [0.5, 0.6) is 5.75 Å². The van der Waals surface area contributed by atoms with Crippen molar-refractivity contribution in [3.05, 3.63) is 90.0 Å². The van der Waals surface area contributed by atoms with Crippen molar-refractivity contribution in [2.45, 2.75) is 31.2 Å². The van der Waals surface area contributed by atoms with Gasteiger partial charge < -0.3 is 10.1 Å². The summed E-state index contributed by atoms with van der Waals surface area (Å²) in [5.41, 5.74) is 1.94. The molecule has 0 aliphatic carbocycles. The lowest BCUT2D eigenvalue weighted by Crippen LogP contribution is -2.30. The molecule has 0 aromatic heterocycles. The van der Waals surface area contributed by atoms with Gasteiger partial charge in [-0.15, -0.1) is 0 Å². The number of ether oxygens (including phenoxy) is 1. The topological polar surface area (TPSA) is 75.7 Å². The molecule has 3 aromatic carbocycles. The molecule has 0 aliphatic heterocycles. The fourth-order valence-corrected chi connectivity index (χ4v) is 4.76. The number of nitrogens with zero attached hydrogens (tertiary/aromatic N) is 1. The monoisotopic (exact) mass is 466 g/mol. The Morgan fingerprint density at radius 3 is 2.09 bits per heavy atom. The maximum atomic E-state index is 13.0. The largest absolute Gasteiger partial charge is 0.497 e. The van der Waals surface area contributed by atoms with E-state index in [1.165, 1.54) is 11.4 Å². The maximum absolute atomic E-state index is 13.0. The molecule has 0 saturated carbocycles. The van der Waals surface area contributed by atoms with Crippen molar-refractivity contribution in [2.24, 2.45) is 5.92 Å². The first-order chi connectivity index (χ1) is 15.7. The van der Waals surface area contributed by atoms with Crippen molar-refractivity contribution in [3.63, 3.8) is 0 Å². The molecular formula is C26H30N2O4S. The van der Waals surface area contributed by atoms with Crippen LogP contribution in [0.15, 0.2) is 83.8 Å². The summed E-state index contributed by atoms with van der Waals surface area (Å²) in [5, 5.41) is 3.11. The molecule has 0 spiro atoms. The number of sulfonamides is 1. The van der Waals surface area contributed by atoms with Gasteiger partial charge in [0.2, 0.25) is 0 Å². The molecule has 0 bridgehead atoms. The van der Waals surface area contributed by atoms with Crippen LogP contribution in [0.25, 0.3) is 0 Å². The van der Waals surface area contributed by atoms with Gasteiger partial charge in [-0.2, -0.15) is 0 Å². The number of carbonyl (C=O) groups is 1. The van der Waals surface area contributed by atoms with Gasteiger partial charge in [-0.1, -0.05) is 44.2 Å². The quantitative estimate of drug-likeness (QED) is 0.479. The second kappa shape index (κ2) is 10.5. The van der Waals surface area contributed by atoms with E-state index in [1.807, 2.05) is 24.3 Å². The summed E-state index contributed by atoms with van der Waals surface area (Å²) in [6.45, 7) is 4.22. The smallest absolute Gasteiger partial charge is 0.264 e. The van der Waals surface area contributed by atoms with E-state index in [4.69, 9.17) is 4.74 Å². The highest BCUT2D eigenvalue weighted by Gasteiger charge is 2.22. The summed E-state index contributed by atoms with van der Waals surface area (Å²) in [4.78, 5) is 13.2. The van der Waals surface area contributed by atoms with Crippen molar-refractivity contribution in [1.82, 2.24) is 5.32 Å². The van der Waals surface area contributed by atoms with Crippen LogP contribution in [0.1, 0.15) is 42.2 Å². The van der Waals surface area contributed by atoms with Crippen molar-refractivity contribution in [2.75, 3.05) is 18.5 Å². The second-order valence-corrected chi connectivity index (χ2v) is 10.2. The minimum atomic E-state index is -3.68. The molecule has 0 aliphatic rings. The van der Waals surface area contributed by atoms with Crippen LogP contribution >= 0.6 is 0 Å². The van der Waals surface area contributed by atoms with Crippen LogP contribution < -0.4 is 14.4 Å². The lowest BCUT2D eigenvalue weighted by Gasteiger charge is -2.22. The Bertz CT molecular complexity index is 1160. The highest BCUT2D eigenvalue weighted by molar-refractivity contribution is 7.92. The van der Waals surface area contributed by atoms with E-state index in [-0.39, 0.29) is 16.8 Å². The molecule has 7 heteroatoms. The van der Waals surface area contributed by atoms with Gasteiger partial charge in [0.1, 0.15) is 5.75 Å². The van der Waals surface area contributed by atoms with Gasteiger partial charge in [0.25, 0.3) is 15.9 Å². The Morgan fingerprint density at radius 1 is 0.939 bits per heavy atom. The number of amides is 1. The standard InChI is InChI=1S/C26H30N2O4S/c1-19(2)18-25(20-12-16-23(32-4)17-13-20)27-26(29)21-10-14-22(15-11-21)28(3)33(30,31)24-8-6-5-7-9-24/h5-17,19,25H,18H2,1-4H3,(H,27,29)/t25-/m1/s1. The van der Waals surface area contributed by atoms with E-state index in [9.17, 15) is 13.2 Å². The summed E-state index contributed by atoms with van der Waals surface area (Å²) in [6.07, 6.45) is 0.786. The zero-order valence-corrected chi connectivity index (χ0v) is 20.2. The van der Waals surface area contributed by atoms with E-state index < -0.39 is 10.0 Å². The third kappa shape index (κ3) is 5.93. The first-order valence-electron chi connectivity index (χ1n) is 10.8. The number of rotatable bonds is 9. The highest BCUT2D eigenvalue weighted by atomic mass is 32.2. The second-order valence-electron chi connectivity index (χ2n) is 8.26. The molecule has 3 rings (SSSR count). The number of anilines is 1. The molecule has 1 atom stereocenters. The normalized spacial score (nSPS) is 12.3. The summed E-state index contributed by atoms with van der Waals surface area (Å²) < 4.78 is 32.1. The van der Waals surface area contributed by atoms with Crippen LogP contribution in [0, 0.1) is 5.92 Å². The predicted molar refractivity (Wildman–Crippen MR) is 131 cm³/mol.